The number of guanidine groups is 1. The fourth-order valence-corrected chi connectivity index (χ4v) is 3.27. The SMILES string of the molecule is CCNC(=NCc1cccnc1OC)N1CCOC(c2cccc(C(F)(F)F)c2)C1. The molecule has 1 saturated heterocycles. The lowest BCUT2D eigenvalue weighted by atomic mass is 10.0. The number of methoxy groups -OCH3 is 1. The molecule has 1 fully saturated rings. The number of alkyl halides is 3. The molecule has 0 saturated carbocycles. The first-order chi connectivity index (χ1) is 14.4. The first kappa shape index (κ1) is 21.9. The minimum absolute atomic E-state index is 0.366. The Labute approximate surface area is 173 Å². The summed E-state index contributed by atoms with van der Waals surface area (Å²) >= 11 is 0. The van der Waals surface area contributed by atoms with Crippen molar-refractivity contribution in [3.63, 3.8) is 0 Å². The van der Waals surface area contributed by atoms with E-state index in [4.69, 9.17) is 9.47 Å². The summed E-state index contributed by atoms with van der Waals surface area (Å²) in [6.45, 7) is 4.37. The summed E-state index contributed by atoms with van der Waals surface area (Å²) in [7, 11) is 1.56. The molecular weight excluding hydrogens is 397 g/mol. The number of hydrogen-bond acceptors (Lipinski definition) is 4. The first-order valence-electron chi connectivity index (χ1n) is 9.72. The molecule has 9 heteroatoms. The van der Waals surface area contributed by atoms with Crippen LogP contribution >= 0.6 is 0 Å². The van der Waals surface area contributed by atoms with Gasteiger partial charge in [0.15, 0.2) is 5.96 Å². The van der Waals surface area contributed by atoms with Crippen LogP contribution in [0.1, 0.15) is 29.7 Å². The smallest absolute Gasteiger partial charge is 0.416 e. The van der Waals surface area contributed by atoms with Crippen LogP contribution in [0.5, 0.6) is 5.88 Å². The van der Waals surface area contributed by atoms with Crippen LogP contribution in [-0.4, -0.2) is 49.2 Å². The van der Waals surface area contributed by atoms with Gasteiger partial charge in [-0.25, -0.2) is 9.98 Å². The summed E-state index contributed by atoms with van der Waals surface area (Å²) in [5.41, 5.74) is 0.669. The molecule has 30 heavy (non-hydrogen) atoms. The molecule has 1 aliphatic heterocycles. The summed E-state index contributed by atoms with van der Waals surface area (Å²) < 4.78 is 50.2. The molecule has 0 radical (unpaired) electrons. The van der Waals surface area contributed by atoms with Gasteiger partial charge in [-0.05, 0) is 30.7 Å². The van der Waals surface area contributed by atoms with Gasteiger partial charge in [-0.3, -0.25) is 0 Å². The van der Waals surface area contributed by atoms with Crippen LogP contribution in [0.15, 0.2) is 47.6 Å². The highest BCUT2D eigenvalue weighted by Crippen LogP contribution is 2.32. The lowest BCUT2D eigenvalue weighted by molar-refractivity contribution is -0.137. The zero-order valence-electron chi connectivity index (χ0n) is 16.9. The number of hydrogen-bond donors (Lipinski definition) is 1. The van der Waals surface area contributed by atoms with Crippen molar-refractivity contribution in [2.45, 2.75) is 25.7 Å². The van der Waals surface area contributed by atoms with Gasteiger partial charge in [0.25, 0.3) is 0 Å². The average Bonchev–Trinajstić information content (AvgIpc) is 2.76. The number of rotatable bonds is 5. The molecule has 0 spiro atoms. The summed E-state index contributed by atoms with van der Waals surface area (Å²) in [5, 5.41) is 3.25. The molecule has 6 nitrogen and oxygen atoms in total. The van der Waals surface area contributed by atoms with E-state index in [0.29, 0.717) is 50.2 Å². The van der Waals surface area contributed by atoms with Gasteiger partial charge in [-0.1, -0.05) is 18.2 Å². The molecule has 1 atom stereocenters. The molecule has 1 unspecified atom stereocenters. The van der Waals surface area contributed by atoms with E-state index >= 15 is 0 Å². The Kier molecular flexibility index (Phi) is 7.15. The van der Waals surface area contributed by atoms with Gasteiger partial charge < -0.3 is 19.7 Å². The molecule has 162 valence electrons. The molecule has 1 aromatic heterocycles. The second-order valence-electron chi connectivity index (χ2n) is 6.77. The van der Waals surface area contributed by atoms with Crippen molar-refractivity contribution in [2.24, 2.45) is 4.99 Å². The van der Waals surface area contributed by atoms with Gasteiger partial charge in [-0.2, -0.15) is 13.2 Å². The predicted octanol–water partition coefficient (Wildman–Crippen LogP) is 3.65. The molecule has 0 aliphatic carbocycles. The van der Waals surface area contributed by atoms with Crippen molar-refractivity contribution in [1.29, 1.82) is 0 Å². The fraction of sp³-hybridized carbons (Fsp3) is 0.429. The largest absolute Gasteiger partial charge is 0.481 e. The molecule has 1 aliphatic rings. The maximum absolute atomic E-state index is 13.1. The molecule has 1 N–H and O–H groups in total. The number of ether oxygens (including phenoxy) is 2. The lowest BCUT2D eigenvalue weighted by Crippen LogP contribution is -2.48. The summed E-state index contributed by atoms with van der Waals surface area (Å²) in [6.07, 6.45) is -3.21. The third kappa shape index (κ3) is 5.41. The number of morpholine rings is 1. The molecule has 0 bridgehead atoms. The van der Waals surface area contributed by atoms with Gasteiger partial charge in [0.1, 0.15) is 6.10 Å². The molecule has 2 heterocycles. The molecule has 3 rings (SSSR count). The van der Waals surface area contributed by atoms with E-state index in [1.165, 1.54) is 6.07 Å². The van der Waals surface area contributed by atoms with Crippen LogP contribution in [0.4, 0.5) is 13.2 Å². The Morgan fingerprint density at radius 3 is 2.90 bits per heavy atom. The van der Waals surface area contributed by atoms with Crippen molar-refractivity contribution in [3.8, 4) is 5.88 Å². The Morgan fingerprint density at radius 1 is 1.33 bits per heavy atom. The van der Waals surface area contributed by atoms with E-state index in [2.05, 4.69) is 15.3 Å². The Morgan fingerprint density at radius 2 is 2.17 bits per heavy atom. The number of benzene rings is 1. The summed E-state index contributed by atoms with van der Waals surface area (Å²) in [5.74, 6) is 1.18. The molecule has 2 aromatic rings. The van der Waals surface area contributed by atoms with Crippen molar-refractivity contribution >= 4 is 5.96 Å². The van der Waals surface area contributed by atoms with E-state index < -0.39 is 17.8 Å². The quantitative estimate of drug-likeness (QED) is 0.589. The Bertz CT molecular complexity index is 873. The Hall–Kier alpha value is -2.81. The van der Waals surface area contributed by atoms with Crippen molar-refractivity contribution in [3.05, 3.63) is 59.3 Å². The normalized spacial score (nSPS) is 17.7. The van der Waals surface area contributed by atoms with Crippen LogP contribution in [0.3, 0.4) is 0 Å². The number of aliphatic imine (C=N–C) groups is 1. The summed E-state index contributed by atoms with van der Waals surface area (Å²) in [6, 6.07) is 9.00. The number of pyridine rings is 1. The van der Waals surface area contributed by atoms with E-state index in [0.717, 1.165) is 17.7 Å². The van der Waals surface area contributed by atoms with Gasteiger partial charge in [-0.15, -0.1) is 0 Å². The van der Waals surface area contributed by atoms with Crippen molar-refractivity contribution < 1.29 is 22.6 Å². The van der Waals surface area contributed by atoms with Gasteiger partial charge >= 0.3 is 6.18 Å². The minimum atomic E-state index is -4.39. The highest BCUT2D eigenvalue weighted by molar-refractivity contribution is 5.80. The highest BCUT2D eigenvalue weighted by Gasteiger charge is 2.32. The number of halogens is 3. The second kappa shape index (κ2) is 9.80. The van der Waals surface area contributed by atoms with Gasteiger partial charge in [0.2, 0.25) is 5.88 Å². The molecule has 1 aromatic carbocycles. The second-order valence-corrected chi connectivity index (χ2v) is 6.77. The van der Waals surface area contributed by atoms with Gasteiger partial charge in [0.05, 0.1) is 32.4 Å². The van der Waals surface area contributed by atoms with E-state index in [1.807, 2.05) is 24.0 Å². The predicted molar refractivity (Wildman–Crippen MR) is 107 cm³/mol. The third-order valence-electron chi connectivity index (χ3n) is 4.73. The van der Waals surface area contributed by atoms with E-state index in [1.54, 1.807) is 19.4 Å². The van der Waals surface area contributed by atoms with Crippen molar-refractivity contribution in [1.82, 2.24) is 15.2 Å². The Balaban J connectivity index is 1.77. The van der Waals surface area contributed by atoms with Crippen molar-refractivity contribution in [2.75, 3.05) is 33.4 Å². The maximum Gasteiger partial charge on any atom is 0.416 e. The third-order valence-corrected chi connectivity index (χ3v) is 4.73. The van der Waals surface area contributed by atoms with Crippen LogP contribution < -0.4 is 10.1 Å². The molecule has 0 amide bonds. The zero-order chi connectivity index (χ0) is 21.6. The van der Waals surface area contributed by atoms with Crippen LogP contribution in [0, 0.1) is 0 Å². The monoisotopic (exact) mass is 422 g/mol. The lowest BCUT2D eigenvalue weighted by Gasteiger charge is -2.35. The topological polar surface area (TPSA) is 59.0 Å². The first-order valence-corrected chi connectivity index (χ1v) is 9.72. The van der Waals surface area contributed by atoms with E-state index in [9.17, 15) is 13.2 Å². The number of nitrogens with zero attached hydrogens (tertiary/aromatic N) is 3. The van der Waals surface area contributed by atoms with Gasteiger partial charge in [0, 0.05) is 24.8 Å². The summed E-state index contributed by atoms with van der Waals surface area (Å²) in [4.78, 5) is 10.9. The van der Waals surface area contributed by atoms with Crippen LogP contribution in [0.2, 0.25) is 0 Å². The minimum Gasteiger partial charge on any atom is -0.481 e. The maximum atomic E-state index is 13.1. The zero-order valence-corrected chi connectivity index (χ0v) is 16.9. The fourth-order valence-electron chi connectivity index (χ4n) is 3.27. The number of nitrogens with one attached hydrogen (secondary N) is 1. The van der Waals surface area contributed by atoms with Crippen LogP contribution in [0.25, 0.3) is 0 Å². The average molecular weight is 422 g/mol. The molecular formula is C21H25F3N4O2. The standard InChI is InChI=1S/C21H25F3N4O2/c1-3-25-20(27-13-16-7-5-9-26-19(16)29-2)28-10-11-30-18(14-28)15-6-4-8-17(12-15)21(22,23)24/h4-9,12,18H,3,10-11,13-14H2,1-2H3,(H,25,27). The van der Waals surface area contributed by atoms with Crippen LogP contribution in [-0.2, 0) is 17.5 Å². The number of aromatic nitrogens is 1. The highest BCUT2D eigenvalue weighted by atomic mass is 19.4. The van der Waals surface area contributed by atoms with E-state index in [-0.39, 0.29) is 0 Å².